The highest BCUT2D eigenvalue weighted by atomic mass is 33.1. The number of rotatable bonds is 5. The summed E-state index contributed by atoms with van der Waals surface area (Å²) in [5.74, 6) is 1.17. The summed E-state index contributed by atoms with van der Waals surface area (Å²) in [6.45, 7) is 1.77. The van der Waals surface area contributed by atoms with Crippen LogP contribution >= 0.6 is 10.8 Å². The van der Waals surface area contributed by atoms with Gasteiger partial charge in [-0.3, -0.25) is 0 Å². The van der Waals surface area contributed by atoms with Gasteiger partial charge in [-0.15, -0.1) is 0 Å². The van der Waals surface area contributed by atoms with Crippen LogP contribution in [0, 0.1) is 0 Å². The van der Waals surface area contributed by atoms with Crippen LogP contribution in [0.2, 0.25) is 0 Å². The van der Waals surface area contributed by atoms with Gasteiger partial charge in [0.05, 0.1) is 10.6 Å². The Labute approximate surface area is 145 Å². The molecule has 0 aliphatic carbocycles. The minimum Gasteiger partial charge on any atom is -0.368 e. The topological polar surface area (TPSA) is 102 Å². The molecular formula is C15H19N5O2S2. The van der Waals surface area contributed by atoms with Gasteiger partial charge >= 0.3 is 0 Å². The third-order valence-electron chi connectivity index (χ3n) is 3.70. The first kappa shape index (κ1) is 17.0. The first-order valence-corrected chi connectivity index (χ1v) is 10.7. The average Bonchev–Trinajstić information content (AvgIpc) is 2.61. The van der Waals surface area contributed by atoms with Crippen molar-refractivity contribution in [1.82, 2.24) is 15.0 Å². The van der Waals surface area contributed by atoms with Gasteiger partial charge in [0.15, 0.2) is 0 Å². The van der Waals surface area contributed by atoms with Crippen LogP contribution in [0.4, 0.5) is 11.9 Å². The van der Waals surface area contributed by atoms with Crippen molar-refractivity contribution >= 4 is 31.6 Å². The summed E-state index contributed by atoms with van der Waals surface area (Å²) in [7, 11) is -2.65. The van der Waals surface area contributed by atoms with Gasteiger partial charge in [0, 0.05) is 13.1 Å². The highest BCUT2D eigenvalue weighted by molar-refractivity contribution is 8.71. The summed E-state index contributed by atoms with van der Waals surface area (Å²) < 4.78 is 24.7. The quantitative estimate of drug-likeness (QED) is 0.803. The van der Waals surface area contributed by atoms with E-state index in [1.54, 1.807) is 30.3 Å². The summed E-state index contributed by atoms with van der Waals surface area (Å²) in [6.07, 6.45) is 3.39. The fourth-order valence-electron chi connectivity index (χ4n) is 2.51. The second-order valence-electron chi connectivity index (χ2n) is 5.49. The van der Waals surface area contributed by atoms with E-state index in [9.17, 15) is 8.42 Å². The zero-order valence-electron chi connectivity index (χ0n) is 13.1. The molecule has 0 amide bonds. The molecule has 0 spiro atoms. The lowest BCUT2D eigenvalue weighted by Crippen LogP contribution is -2.31. The molecule has 2 heterocycles. The van der Waals surface area contributed by atoms with Crippen LogP contribution in [-0.4, -0.2) is 36.5 Å². The van der Waals surface area contributed by atoms with Crippen molar-refractivity contribution in [2.45, 2.75) is 29.9 Å². The van der Waals surface area contributed by atoms with E-state index in [2.05, 4.69) is 19.9 Å². The third kappa shape index (κ3) is 4.15. The number of benzene rings is 1. The number of piperidine rings is 1. The van der Waals surface area contributed by atoms with Gasteiger partial charge in [0.2, 0.25) is 20.8 Å². The van der Waals surface area contributed by atoms with Crippen molar-refractivity contribution in [2.75, 3.05) is 23.7 Å². The van der Waals surface area contributed by atoms with Crippen molar-refractivity contribution in [1.29, 1.82) is 0 Å². The predicted molar refractivity (Wildman–Crippen MR) is 95.2 cm³/mol. The molecule has 128 valence electrons. The lowest BCUT2D eigenvalue weighted by Gasteiger charge is -2.26. The molecule has 2 aromatic rings. The molecule has 0 saturated carbocycles. The summed E-state index contributed by atoms with van der Waals surface area (Å²) in [5.41, 5.74) is 5.77. The van der Waals surface area contributed by atoms with Crippen LogP contribution < -0.4 is 10.6 Å². The minimum absolute atomic E-state index is 0.123. The van der Waals surface area contributed by atoms with E-state index in [0.717, 1.165) is 36.7 Å². The largest absolute Gasteiger partial charge is 0.368 e. The van der Waals surface area contributed by atoms with Gasteiger partial charge < -0.3 is 10.6 Å². The zero-order valence-corrected chi connectivity index (χ0v) is 14.8. The van der Waals surface area contributed by atoms with Crippen LogP contribution in [0.3, 0.4) is 0 Å². The molecule has 1 fully saturated rings. The van der Waals surface area contributed by atoms with Crippen LogP contribution in [0.5, 0.6) is 0 Å². The summed E-state index contributed by atoms with van der Waals surface area (Å²) in [5, 5.41) is 0. The van der Waals surface area contributed by atoms with E-state index < -0.39 is 8.87 Å². The van der Waals surface area contributed by atoms with Gasteiger partial charge in [0.25, 0.3) is 0 Å². The number of nitrogen functional groups attached to an aromatic ring is 1. The standard InChI is InChI=1S/C15H19N5O2S2/c16-14-17-13(18-15(19-14)20-9-5-2-6-10-20)11-23-24(21,22)12-7-3-1-4-8-12/h1,3-4,7-8H,2,5-6,9-11H2,(H2,16,17,18,19). The van der Waals surface area contributed by atoms with Gasteiger partial charge in [-0.05, 0) is 42.2 Å². The lowest BCUT2D eigenvalue weighted by atomic mass is 10.1. The molecule has 1 aliphatic heterocycles. The Balaban J connectivity index is 1.74. The summed E-state index contributed by atoms with van der Waals surface area (Å²) >= 11 is 0. The van der Waals surface area contributed by atoms with Crippen molar-refractivity contribution in [2.24, 2.45) is 0 Å². The maximum absolute atomic E-state index is 12.3. The lowest BCUT2D eigenvalue weighted by molar-refractivity contribution is 0.567. The maximum atomic E-state index is 12.3. The van der Waals surface area contributed by atoms with E-state index >= 15 is 0 Å². The van der Waals surface area contributed by atoms with Crippen molar-refractivity contribution in [3.05, 3.63) is 36.2 Å². The first-order valence-electron chi connectivity index (χ1n) is 7.74. The van der Waals surface area contributed by atoms with Crippen LogP contribution in [0.25, 0.3) is 0 Å². The van der Waals surface area contributed by atoms with Gasteiger partial charge in [-0.2, -0.15) is 15.0 Å². The van der Waals surface area contributed by atoms with Crippen molar-refractivity contribution in [3.63, 3.8) is 0 Å². The van der Waals surface area contributed by atoms with Gasteiger partial charge in [0.1, 0.15) is 5.82 Å². The van der Waals surface area contributed by atoms with E-state index in [0.29, 0.717) is 11.8 Å². The van der Waals surface area contributed by atoms with Gasteiger partial charge in [-0.25, -0.2) is 8.42 Å². The van der Waals surface area contributed by atoms with E-state index in [1.807, 2.05) is 0 Å². The third-order valence-corrected chi connectivity index (χ3v) is 7.10. The van der Waals surface area contributed by atoms with Crippen LogP contribution in [-0.2, 0) is 14.6 Å². The highest BCUT2D eigenvalue weighted by Gasteiger charge is 2.19. The molecule has 0 atom stereocenters. The minimum atomic E-state index is -3.45. The molecule has 1 aromatic heterocycles. The molecular weight excluding hydrogens is 346 g/mol. The summed E-state index contributed by atoms with van der Waals surface area (Å²) in [6, 6.07) is 8.32. The van der Waals surface area contributed by atoms with Crippen LogP contribution in [0.15, 0.2) is 35.2 Å². The molecule has 1 saturated heterocycles. The Morgan fingerprint density at radius 2 is 1.75 bits per heavy atom. The molecule has 1 aliphatic rings. The molecule has 0 bridgehead atoms. The zero-order chi connectivity index (χ0) is 17.0. The molecule has 3 rings (SSSR count). The number of hydrogen-bond acceptors (Lipinski definition) is 8. The smallest absolute Gasteiger partial charge is 0.230 e. The molecule has 24 heavy (non-hydrogen) atoms. The molecule has 1 aromatic carbocycles. The van der Waals surface area contributed by atoms with Crippen molar-refractivity contribution in [3.8, 4) is 0 Å². The Morgan fingerprint density at radius 3 is 2.46 bits per heavy atom. The molecule has 9 heteroatoms. The maximum Gasteiger partial charge on any atom is 0.230 e. The Hall–Kier alpha value is -1.87. The number of anilines is 2. The predicted octanol–water partition coefficient (Wildman–Crippen LogP) is 2.07. The molecule has 0 unspecified atom stereocenters. The second kappa shape index (κ2) is 7.35. The Morgan fingerprint density at radius 1 is 1.04 bits per heavy atom. The van der Waals surface area contributed by atoms with E-state index in [4.69, 9.17) is 5.73 Å². The monoisotopic (exact) mass is 365 g/mol. The molecule has 2 N–H and O–H groups in total. The first-order chi connectivity index (χ1) is 11.5. The van der Waals surface area contributed by atoms with Gasteiger partial charge in [-0.1, -0.05) is 18.2 Å². The fraction of sp³-hybridized carbons (Fsp3) is 0.400. The normalized spacial score (nSPS) is 15.4. The Kier molecular flexibility index (Phi) is 5.20. The number of nitrogens with zero attached hydrogens (tertiary/aromatic N) is 4. The number of hydrogen-bond donors (Lipinski definition) is 1. The van der Waals surface area contributed by atoms with E-state index in [-0.39, 0.29) is 16.6 Å². The second-order valence-corrected chi connectivity index (χ2v) is 9.41. The number of nitrogens with two attached hydrogens (primary N) is 1. The average molecular weight is 365 g/mol. The molecule has 7 nitrogen and oxygen atoms in total. The fourth-order valence-corrected chi connectivity index (χ4v) is 5.05. The number of aromatic nitrogens is 3. The van der Waals surface area contributed by atoms with Crippen LogP contribution in [0.1, 0.15) is 25.1 Å². The SMILES string of the molecule is Nc1nc(CSS(=O)(=O)c2ccccc2)nc(N2CCCCC2)n1. The van der Waals surface area contributed by atoms with Crippen molar-refractivity contribution < 1.29 is 8.42 Å². The summed E-state index contributed by atoms with van der Waals surface area (Å²) in [4.78, 5) is 15.0. The molecule has 0 radical (unpaired) electrons. The Bertz CT molecular complexity index is 793. The van der Waals surface area contributed by atoms with E-state index in [1.165, 1.54) is 6.42 Å². The highest BCUT2D eigenvalue weighted by Crippen LogP contribution is 2.26.